The molecule has 1 fully saturated rings. The Morgan fingerprint density at radius 3 is 2.29 bits per heavy atom. The van der Waals surface area contributed by atoms with Gasteiger partial charge in [-0.1, -0.05) is 66.6 Å². The van der Waals surface area contributed by atoms with E-state index in [1.54, 1.807) is 0 Å². The van der Waals surface area contributed by atoms with Gasteiger partial charge in [0.15, 0.2) is 17.8 Å². The summed E-state index contributed by atoms with van der Waals surface area (Å²) in [4.78, 5) is 37.8. The minimum absolute atomic E-state index is 0.0756. The Morgan fingerprint density at radius 1 is 1.19 bits per heavy atom. The first kappa shape index (κ1) is 20.7. The van der Waals surface area contributed by atoms with Crippen LogP contribution in [0.25, 0.3) is 0 Å². The Kier molecular flexibility index (Phi) is 5.80. The maximum Gasteiger partial charge on any atom is 0.357 e. The van der Waals surface area contributed by atoms with Crippen LogP contribution in [0.3, 0.4) is 0 Å². The van der Waals surface area contributed by atoms with Crippen LogP contribution in [-0.4, -0.2) is 44.9 Å². The third-order valence-electron chi connectivity index (χ3n) is 5.17. The fourth-order valence-electron chi connectivity index (χ4n) is 3.72. The van der Waals surface area contributed by atoms with Crippen molar-refractivity contribution in [3.05, 3.63) is 83.1 Å². The third-order valence-corrected chi connectivity index (χ3v) is 6.77. The highest BCUT2D eigenvalue weighted by Gasteiger charge is 2.60. The Morgan fingerprint density at radius 2 is 1.77 bits per heavy atom. The van der Waals surface area contributed by atoms with E-state index in [9.17, 15) is 18.9 Å². The van der Waals surface area contributed by atoms with Crippen molar-refractivity contribution >= 4 is 29.5 Å². The van der Waals surface area contributed by atoms with Crippen molar-refractivity contribution < 1.29 is 23.7 Å². The lowest BCUT2D eigenvalue weighted by Crippen LogP contribution is -2.74. The van der Waals surface area contributed by atoms with Gasteiger partial charge in [-0.15, -0.1) is 6.42 Å². The zero-order chi connectivity index (χ0) is 22.0. The monoisotopic (exact) mass is 434 g/mol. The number of carbonyl (C=O) groups excluding carboxylic acids is 3. The van der Waals surface area contributed by atoms with Crippen LogP contribution in [0, 0.1) is 12.3 Å². The second-order valence-electron chi connectivity index (χ2n) is 6.96. The zero-order valence-electron chi connectivity index (χ0n) is 16.3. The van der Waals surface area contributed by atoms with Crippen LogP contribution >= 0.6 is 0 Å². The first-order valence-electron chi connectivity index (χ1n) is 9.47. The van der Waals surface area contributed by atoms with E-state index in [2.05, 4.69) is 11.2 Å². The molecule has 0 bridgehead atoms. The molecule has 1 saturated heterocycles. The summed E-state index contributed by atoms with van der Waals surface area (Å²) in [6.07, 6.45) is 5.20. The number of hydrogen-bond donors (Lipinski definition) is 1. The molecule has 2 aliphatic heterocycles. The molecule has 7 nitrogen and oxygen atoms in total. The average molecular weight is 434 g/mol. The van der Waals surface area contributed by atoms with Gasteiger partial charge >= 0.3 is 5.97 Å². The van der Waals surface area contributed by atoms with Gasteiger partial charge in [-0.2, -0.15) is 0 Å². The van der Waals surface area contributed by atoms with E-state index in [-0.39, 0.29) is 17.0 Å². The van der Waals surface area contributed by atoms with Crippen molar-refractivity contribution in [3.8, 4) is 12.3 Å². The molecular formula is C23H18N2O5S. The molecule has 2 aromatic carbocycles. The van der Waals surface area contributed by atoms with Crippen molar-refractivity contribution in [1.29, 1.82) is 0 Å². The van der Waals surface area contributed by atoms with Gasteiger partial charge in [0.2, 0.25) is 11.8 Å². The smallest absolute Gasteiger partial charge is 0.357 e. The van der Waals surface area contributed by atoms with Crippen molar-refractivity contribution in [2.45, 2.75) is 17.5 Å². The number of nitrogens with one attached hydrogen (secondary N) is 1. The standard InChI is InChI=1S/C23H18N2O5S/c1-2-15-13-31(29)22-18(24-14-26)21(27)25(22)19(15)23(28)30-20(16-9-5-3-6-10-16)17-11-7-4-8-12-17/h1,3-12,14,18,20,22H,13H2,(H,24,26)/t18?,22-,31?/m0/s1. The quantitative estimate of drug-likeness (QED) is 0.243. The molecular weight excluding hydrogens is 416 g/mol. The van der Waals surface area contributed by atoms with Crippen LogP contribution in [0.1, 0.15) is 17.2 Å². The molecule has 0 saturated carbocycles. The third kappa shape index (κ3) is 3.69. The van der Waals surface area contributed by atoms with Crippen LogP contribution in [0.15, 0.2) is 71.9 Å². The molecule has 2 amide bonds. The fraction of sp³-hybridized carbons (Fsp3) is 0.174. The molecule has 0 aromatic heterocycles. The van der Waals surface area contributed by atoms with Gasteiger partial charge in [0, 0.05) is 0 Å². The summed E-state index contributed by atoms with van der Waals surface area (Å²) in [5.74, 6) is 0.955. The molecule has 0 spiro atoms. The number of rotatable bonds is 6. The molecule has 3 atom stereocenters. The predicted molar refractivity (Wildman–Crippen MR) is 113 cm³/mol. The number of ether oxygens (including phenoxy) is 1. The maximum absolute atomic E-state index is 13.3. The summed E-state index contributed by atoms with van der Waals surface area (Å²) in [5, 5.41) is 1.50. The number of β-lactam (4-membered cyclic amide) rings is 1. The second-order valence-corrected chi connectivity index (χ2v) is 8.50. The average Bonchev–Trinajstić information content (AvgIpc) is 2.81. The molecule has 2 unspecified atom stereocenters. The van der Waals surface area contributed by atoms with Crippen LogP contribution in [-0.2, 0) is 30.3 Å². The number of nitrogens with zero attached hydrogens (tertiary/aromatic N) is 1. The van der Waals surface area contributed by atoms with Gasteiger partial charge in [0.05, 0.1) is 5.57 Å². The van der Waals surface area contributed by atoms with E-state index in [1.165, 1.54) is 0 Å². The predicted octanol–water partition coefficient (Wildman–Crippen LogP) is 1.25. The SMILES string of the molecule is C#CC1=C(C(=O)OC(c2ccccc2)c2ccccc2)N2C(=O)C(NC=O)[C@@H]2[S+]([O-])C1. The van der Waals surface area contributed by atoms with E-state index < -0.39 is 40.6 Å². The Balaban J connectivity index is 1.69. The molecule has 0 radical (unpaired) electrons. The molecule has 2 aliphatic rings. The minimum atomic E-state index is -1.56. The molecule has 0 aliphatic carbocycles. The highest BCUT2D eigenvalue weighted by molar-refractivity contribution is 7.92. The van der Waals surface area contributed by atoms with Crippen LogP contribution in [0.2, 0.25) is 0 Å². The Bertz CT molecular complexity index is 1040. The van der Waals surface area contributed by atoms with Gasteiger partial charge in [-0.3, -0.25) is 14.5 Å². The zero-order valence-corrected chi connectivity index (χ0v) is 17.1. The van der Waals surface area contributed by atoms with Crippen molar-refractivity contribution in [3.63, 3.8) is 0 Å². The van der Waals surface area contributed by atoms with Gasteiger partial charge in [-0.25, -0.2) is 4.79 Å². The van der Waals surface area contributed by atoms with Gasteiger partial charge in [-0.05, 0) is 22.3 Å². The molecule has 1 N–H and O–H groups in total. The number of esters is 1. The number of benzene rings is 2. The van der Waals surface area contributed by atoms with E-state index in [4.69, 9.17) is 11.2 Å². The van der Waals surface area contributed by atoms with Crippen LogP contribution in [0.5, 0.6) is 0 Å². The fourth-order valence-corrected chi connectivity index (χ4v) is 5.34. The topological polar surface area (TPSA) is 98.8 Å². The molecule has 8 heteroatoms. The summed E-state index contributed by atoms with van der Waals surface area (Å²) in [6.45, 7) is 0. The number of hydrogen-bond acceptors (Lipinski definition) is 5. The summed E-state index contributed by atoms with van der Waals surface area (Å²) >= 11 is -1.56. The van der Waals surface area contributed by atoms with Gasteiger partial charge < -0.3 is 14.6 Å². The largest absolute Gasteiger partial charge is 0.614 e. The lowest BCUT2D eigenvalue weighted by atomic mass is 10.0. The highest BCUT2D eigenvalue weighted by atomic mass is 32.2. The first-order chi connectivity index (χ1) is 15.1. The summed E-state index contributed by atoms with van der Waals surface area (Å²) < 4.78 is 18.4. The molecule has 4 rings (SSSR count). The van der Waals surface area contributed by atoms with E-state index in [0.29, 0.717) is 6.41 Å². The Labute approximate surface area is 182 Å². The Hall–Kier alpha value is -3.54. The maximum atomic E-state index is 13.3. The normalized spacial score (nSPS) is 22.3. The molecule has 156 valence electrons. The van der Waals surface area contributed by atoms with Crippen LogP contribution in [0.4, 0.5) is 0 Å². The van der Waals surface area contributed by atoms with Crippen molar-refractivity contribution in [1.82, 2.24) is 10.2 Å². The van der Waals surface area contributed by atoms with Crippen molar-refractivity contribution in [2.24, 2.45) is 0 Å². The highest BCUT2D eigenvalue weighted by Crippen LogP contribution is 2.38. The summed E-state index contributed by atoms with van der Waals surface area (Å²) in [6, 6.07) is 17.4. The molecule has 2 aromatic rings. The van der Waals surface area contributed by atoms with E-state index >= 15 is 0 Å². The number of terminal acetylenes is 1. The number of amides is 2. The van der Waals surface area contributed by atoms with E-state index in [0.717, 1.165) is 16.0 Å². The summed E-state index contributed by atoms with van der Waals surface area (Å²) in [7, 11) is 0. The van der Waals surface area contributed by atoms with Crippen LogP contribution < -0.4 is 5.32 Å². The summed E-state index contributed by atoms with van der Waals surface area (Å²) in [5.41, 5.74) is 1.53. The minimum Gasteiger partial charge on any atom is -0.614 e. The lowest BCUT2D eigenvalue weighted by molar-refractivity contribution is -0.154. The molecule has 2 heterocycles. The number of carbonyl (C=O) groups is 3. The molecule has 31 heavy (non-hydrogen) atoms. The second kappa shape index (κ2) is 8.68. The first-order valence-corrected chi connectivity index (χ1v) is 10.9. The van der Waals surface area contributed by atoms with Gasteiger partial charge in [0.1, 0.15) is 5.75 Å². The van der Waals surface area contributed by atoms with E-state index in [1.807, 2.05) is 60.7 Å². The lowest BCUT2D eigenvalue weighted by Gasteiger charge is -2.48. The van der Waals surface area contributed by atoms with Gasteiger partial charge in [0.25, 0.3) is 5.91 Å². The number of fused-ring (bicyclic) bond motifs is 1. The van der Waals surface area contributed by atoms with Crippen molar-refractivity contribution in [2.75, 3.05) is 5.75 Å².